The number of aryl methyl sites for hydroxylation is 1. The van der Waals surface area contributed by atoms with Gasteiger partial charge in [-0.25, -0.2) is 4.79 Å². The summed E-state index contributed by atoms with van der Waals surface area (Å²) < 4.78 is 29.8. The smallest absolute Gasteiger partial charge is 0.339 e. The Balaban J connectivity index is 2.41. The van der Waals surface area contributed by atoms with Crippen molar-refractivity contribution < 1.29 is 22.5 Å². The molecule has 0 spiro atoms. The van der Waals surface area contributed by atoms with Gasteiger partial charge < -0.3 is 9.29 Å². The van der Waals surface area contributed by atoms with Gasteiger partial charge in [0, 0.05) is 4.47 Å². The van der Waals surface area contributed by atoms with Crippen molar-refractivity contribution in [3.05, 3.63) is 58.1 Å². The molecule has 21 heavy (non-hydrogen) atoms. The van der Waals surface area contributed by atoms with E-state index in [-0.39, 0.29) is 16.2 Å². The predicted octanol–water partition coefficient (Wildman–Crippen LogP) is 3.22. The largest absolute Gasteiger partial charge is 0.478 e. The van der Waals surface area contributed by atoms with Crippen molar-refractivity contribution in [3.63, 3.8) is 0 Å². The Bertz CT molecular complexity index is 782. The number of aromatic carboxylic acids is 1. The van der Waals surface area contributed by atoms with E-state index in [2.05, 4.69) is 15.9 Å². The van der Waals surface area contributed by atoms with E-state index in [4.69, 9.17) is 9.29 Å². The predicted molar refractivity (Wildman–Crippen MR) is 80.1 cm³/mol. The van der Waals surface area contributed by atoms with Crippen molar-refractivity contribution in [2.24, 2.45) is 0 Å². The molecule has 0 aromatic heterocycles. The second-order valence-corrected chi connectivity index (χ2v) is 6.76. The van der Waals surface area contributed by atoms with Crippen molar-refractivity contribution >= 4 is 32.0 Å². The summed E-state index contributed by atoms with van der Waals surface area (Å²) in [7, 11) is -4.08. The first-order valence-electron chi connectivity index (χ1n) is 5.83. The summed E-state index contributed by atoms with van der Waals surface area (Å²) in [5.74, 6) is -1.50. The van der Waals surface area contributed by atoms with Crippen LogP contribution in [-0.4, -0.2) is 19.5 Å². The van der Waals surface area contributed by atoms with Gasteiger partial charge in [-0.05, 0) is 37.3 Å². The monoisotopic (exact) mass is 370 g/mol. The summed E-state index contributed by atoms with van der Waals surface area (Å²) in [4.78, 5) is 11.1. The highest BCUT2D eigenvalue weighted by molar-refractivity contribution is 9.10. The molecular weight excluding hydrogens is 360 g/mol. The average Bonchev–Trinajstić information content (AvgIpc) is 2.41. The molecule has 0 saturated heterocycles. The summed E-state index contributed by atoms with van der Waals surface area (Å²) >= 11 is 3.13. The van der Waals surface area contributed by atoms with E-state index >= 15 is 0 Å². The third-order valence-corrected chi connectivity index (χ3v) is 4.42. The van der Waals surface area contributed by atoms with E-state index in [0.717, 1.165) is 5.56 Å². The van der Waals surface area contributed by atoms with Crippen molar-refractivity contribution in [2.75, 3.05) is 0 Å². The third kappa shape index (κ3) is 3.62. The topological polar surface area (TPSA) is 80.7 Å². The lowest BCUT2D eigenvalue weighted by Crippen LogP contribution is -2.12. The molecule has 0 saturated carbocycles. The molecule has 0 fully saturated rings. The van der Waals surface area contributed by atoms with E-state index in [1.165, 1.54) is 30.3 Å². The highest BCUT2D eigenvalue weighted by atomic mass is 79.9. The molecule has 0 radical (unpaired) electrons. The van der Waals surface area contributed by atoms with Crippen molar-refractivity contribution in [3.8, 4) is 5.75 Å². The number of carboxylic acids is 1. The van der Waals surface area contributed by atoms with Crippen LogP contribution in [0.5, 0.6) is 5.75 Å². The van der Waals surface area contributed by atoms with Crippen LogP contribution in [0.15, 0.2) is 51.8 Å². The Morgan fingerprint density at radius 1 is 1.14 bits per heavy atom. The molecule has 0 aliphatic heterocycles. The molecule has 0 aliphatic rings. The Kier molecular flexibility index (Phi) is 4.34. The van der Waals surface area contributed by atoms with E-state index < -0.39 is 16.1 Å². The summed E-state index contributed by atoms with van der Waals surface area (Å²) in [6.45, 7) is 1.83. The molecule has 2 aromatic carbocycles. The lowest BCUT2D eigenvalue weighted by molar-refractivity contribution is 0.0695. The zero-order valence-corrected chi connectivity index (χ0v) is 13.3. The molecule has 0 bridgehead atoms. The van der Waals surface area contributed by atoms with Crippen LogP contribution in [-0.2, 0) is 10.1 Å². The molecule has 0 amide bonds. The van der Waals surface area contributed by atoms with Crippen LogP contribution in [0.1, 0.15) is 15.9 Å². The number of carboxylic acid groups (broad SMARTS) is 1. The van der Waals surface area contributed by atoms with Gasteiger partial charge in [0.25, 0.3) is 0 Å². The molecule has 0 heterocycles. The van der Waals surface area contributed by atoms with Crippen LogP contribution in [0.2, 0.25) is 0 Å². The van der Waals surface area contributed by atoms with Gasteiger partial charge in [-0.15, -0.1) is 0 Å². The van der Waals surface area contributed by atoms with Gasteiger partial charge in [0.1, 0.15) is 10.5 Å². The fraction of sp³-hybridized carbons (Fsp3) is 0.0714. The van der Waals surface area contributed by atoms with E-state index in [9.17, 15) is 13.2 Å². The van der Waals surface area contributed by atoms with E-state index in [1.807, 2.05) is 6.92 Å². The highest BCUT2D eigenvalue weighted by Crippen LogP contribution is 2.26. The zero-order valence-electron chi connectivity index (χ0n) is 10.9. The van der Waals surface area contributed by atoms with Crippen LogP contribution in [0.25, 0.3) is 0 Å². The minimum Gasteiger partial charge on any atom is -0.478 e. The fourth-order valence-electron chi connectivity index (χ4n) is 1.61. The maximum absolute atomic E-state index is 12.1. The van der Waals surface area contributed by atoms with Crippen LogP contribution in [0.4, 0.5) is 0 Å². The fourth-order valence-corrected chi connectivity index (χ4v) is 2.92. The molecule has 2 aromatic rings. The van der Waals surface area contributed by atoms with E-state index in [1.54, 1.807) is 12.1 Å². The highest BCUT2D eigenvalue weighted by Gasteiger charge is 2.21. The van der Waals surface area contributed by atoms with E-state index in [0.29, 0.717) is 4.47 Å². The summed E-state index contributed by atoms with van der Waals surface area (Å²) in [6.07, 6.45) is 0. The minimum absolute atomic E-state index is 0.0349. The number of carbonyl (C=O) groups is 1. The second kappa shape index (κ2) is 5.87. The maximum atomic E-state index is 12.1. The second-order valence-electron chi connectivity index (χ2n) is 4.30. The first kappa shape index (κ1) is 15.5. The molecule has 1 N–H and O–H groups in total. The number of rotatable bonds is 4. The third-order valence-electron chi connectivity index (χ3n) is 2.68. The lowest BCUT2D eigenvalue weighted by atomic mass is 10.2. The maximum Gasteiger partial charge on any atom is 0.339 e. The minimum atomic E-state index is -4.08. The van der Waals surface area contributed by atoms with Gasteiger partial charge in [0.2, 0.25) is 0 Å². The normalized spacial score (nSPS) is 11.1. The van der Waals surface area contributed by atoms with Gasteiger partial charge in [0.05, 0.1) is 0 Å². The standard InChI is InChI=1S/C14H11BrO5S/c1-9-2-5-11(6-3-9)21(18,19)20-13-7-4-10(15)8-12(13)14(16)17/h2-8H,1H3,(H,16,17). The average molecular weight is 371 g/mol. The van der Waals surface area contributed by atoms with Gasteiger partial charge >= 0.3 is 16.1 Å². The lowest BCUT2D eigenvalue weighted by Gasteiger charge is -2.10. The molecule has 0 aliphatic carbocycles. The number of halogens is 1. The number of benzene rings is 2. The van der Waals surface area contributed by atoms with Crippen molar-refractivity contribution in [1.29, 1.82) is 0 Å². The quantitative estimate of drug-likeness (QED) is 0.835. The first-order chi connectivity index (χ1) is 9.79. The van der Waals surface area contributed by atoms with Crippen molar-refractivity contribution in [1.82, 2.24) is 0 Å². The molecule has 2 rings (SSSR count). The summed E-state index contributed by atoms with van der Waals surface area (Å²) in [5.41, 5.74) is 0.670. The molecule has 0 unspecified atom stereocenters. The zero-order chi connectivity index (χ0) is 15.6. The SMILES string of the molecule is Cc1ccc(S(=O)(=O)Oc2ccc(Br)cc2C(=O)O)cc1. The van der Waals surface area contributed by atoms with Crippen LogP contribution in [0, 0.1) is 6.92 Å². The van der Waals surface area contributed by atoms with Crippen LogP contribution < -0.4 is 4.18 Å². The Labute approximate surface area is 130 Å². The molecule has 5 nitrogen and oxygen atoms in total. The van der Waals surface area contributed by atoms with Gasteiger partial charge in [-0.1, -0.05) is 33.6 Å². The molecular formula is C14H11BrO5S. The Morgan fingerprint density at radius 3 is 2.33 bits per heavy atom. The first-order valence-corrected chi connectivity index (χ1v) is 8.04. The van der Waals surface area contributed by atoms with Crippen molar-refractivity contribution in [2.45, 2.75) is 11.8 Å². The Hall–Kier alpha value is -1.86. The molecule has 7 heteroatoms. The molecule has 0 atom stereocenters. The summed E-state index contributed by atoms with van der Waals surface area (Å²) in [6, 6.07) is 10.2. The van der Waals surface area contributed by atoms with Crippen LogP contribution in [0.3, 0.4) is 0 Å². The van der Waals surface area contributed by atoms with Crippen LogP contribution >= 0.6 is 15.9 Å². The number of hydrogen-bond donors (Lipinski definition) is 1. The summed E-state index contributed by atoms with van der Waals surface area (Å²) in [5, 5.41) is 9.10. The van der Waals surface area contributed by atoms with Gasteiger partial charge in [-0.2, -0.15) is 8.42 Å². The number of hydrogen-bond acceptors (Lipinski definition) is 4. The molecule has 110 valence electrons. The Morgan fingerprint density at radius 2 is 1.76 bits per heavy atom. The van der Waals surface area contributed by atoms with Gasteiger partial charge in [0.15, 0.2) is 5.75 Å². The van der Waals surface area contributed by atoms with Gasteiger partial charge in [-0.3, -0.25) is 0 Å².